The van der Waals surface area contributed by atoms with E-state index in [4.69, 9.17) is 21.3 Å². The number of nitrogens with two attached hydrogens (primary N) is 2. The summed E-state index contributed by atoms with van der Waals surface area (Å²) in [4.78, 5) is 26.4. The van der Waals surface area contributed by atoms with Crippen molar-refractivity contribution >= 4 is 11.7 Å². The molecule has 98 valence electrons. The van der Waals surface area contributed by atoms with Crippen molar-refractivity contribution in [2.45, 2.75) is 18.8 Å². The second kappa shape index (κ2) is 4.75. The highest BCUT2D eigenvalue weighted by atomic mass is 16.5. The van der Waals surface area contributed by atoms with E-state index < -0.39 is 29.8 Å². The third-order valence-corrected chi connectivity index (χ3v) is 2.94. The summed E-state index contributed by atoms with van der Waals surface area (Å²) in [5.41, 5.74) is 10.0. The molecule has 0 unspecified atom stereocenters. The lowest BCUT2D eigenvalue weighted by Gasteiger charge is -2.14. The molecule has 3 atom stereocenters. The highest BCUT2D eigenvalue weighted by molar-refractivity contribution is 5.77. The highest BCUT2D eigenvalue weighted by Gasteiger charge is 2.39. The Morgan fingerprint density at radius 2 is 2.39 bits per heavy atom. The van der Waals surface area contributed by atoms with Crippen molar-refractivity contribution in [1.29, 1.82) is 0 Å². The first-order chi connectivity index (χ1) is 8.52. The van der Waals surface area contributed by atoms with Crippen LogP contribution < -0.4 is 17.2 Å². The molecule has 8 nitrogen and oxygen atoms in total. The smallest absolute Gasteiger partial charge is 0.351 e. The summed E-state index contributed by atoms with van der Waals surface area (Å²) in [5, 5.41) is 9.11. The van der Waals surface area contributed by atoms with E-state index in [0.717, 1.165) is 0 Å². The van der Waals surface area contributed by atoms with Crippen LogP contribution in [0.2, 0.25) is 0 Å². The second-order valence-electron chi connectivity index (χ2n) is 4.10. The molecule has 0 bridgehead atoms. The topological polar surface area (TPSA) is 133 Å². The first-order valence-corrected chi connectivity index (χ1v) is 5.43. The summed E-state index contributed by atoms with van der Waals surface area (Å²) >= 11 is 0. The number of ether oxygens (including phenoxy) is 1. The maximum absolute atomic E-state index is 11.6. The van der Waals surface area contributed by atoms with Crippen LogP contribution in [-0.2, 0) is 9.53 Å². The van der Waals surface area contributed by atoms with Gasteiger partial charge in [-0.05, 0) is 6.07 Å². The number of aliphatic hydroxyl groups is 1. The predicted octanol–water partition coefficient (Wildman–Crippen LogP) is -1.79. The molecule has 1 fully saturated rings. The number of hydrogen-bond acceptors (Lipinski definition) is 6. The Morgan fingerprint density at radius 1 is 1.67 bits per heavy atom. The zero-order chi connectivity index (χ0) is 13.3. The highest BCUT2D eigenvalue weighted by Crippen LogP contribution is 2.32. The molecule has 0 aromatic carbocycles. The molecule has 2 rings (SSSR count). The fraction of sp³-hybridized carbons (Fsp3) is 0.500. The van der Waals surface area contributed by atoms with Gasteiger partial charge in [0.25, 0.3) is 0 Å². The fourth-order valence-electron chi connectivity index (χ4n) is 2.01. The number of nitrogen functional groups attached to an aromatic ring is 1. The molecule has 18 heavy (non-hydrogen) atoms. The van der Waals surface area contributed by atoms with E-state index in [1.54, 1.807) is 0 Å². The average Bonchev–Trinajstić information content (AvgIpc) is 2.73. The van der Waals surface area contributed by atoms with Crippen molar-refractivity contribution in [3.8, 4) is 0 Å². The van der Waals surface area contributed by atoms with Gasteiger partial charge >= 0.3 is 5.69 Å². The lowest BCUT2D eigenvalue weighted by atomic mass is 10.0. The average molecular weight is 254 g/mol. The van der Waals surface area contributed by atoms with E-state index >= 15 is 0 Å². The maximum Gasteiger partial charge on any atom is 0.351 e. The summed E-state index contributed by atoms with van der Waals surface area (Å²) < 4.78 is 6.65. The number of anilines is 1. The Kier molecular flexibility index (Phi) is 3.30. The molecular formula is C10H14N4O4. The molecule has 1 saturated heterocycles. The van der Waals surface area contributed by atoms with Crippen molar-refractivity contribution in [2.24, 2.45) is 11.7 Å². The van der Waals surface area contributed by atoms with Crippen molar-refractivity contribution in [3.05, 3.63) is 22.7 Å². The molecular weight excluding hydrogens is 240 g/mol. The molecule has 0 radical (unpaired) electrons. The number of primary amides is 1. The Morgan fingerprint density at radius 3 is 2.89 bits per heavy atom. The minimum atomic E-state index is -0.697. The van der Waals surface area contributed by atoms with Crippen LogP contribution in [0.25, 0.3) is 0 Å². The normalized spacial score (nSPS) is 27.3. The summed E-state index contributed by atoms with van der Waals surface area (Å²) in [6.07, 6.45) is 0.302. The molecule has 2 heterocycles. The van der Waals surface area contributed by atoms with Crippen molar-refractivity contribution < 1.29 is 14.6 Å². The molecule has 5 N–H and O–H groups in total. The molecule has 0 aliphatic carbocycles. The molecule has 1 aromatic rings. The number of aromatic nitrogens is 2. The van der Waals surface area contributed by atoms with E-state index in [0.29, 0.717) is 0 Å². The lowest BCUT2D eigenvalue weighted by Crippen LogP contribution is -2.32. The van der Waals surface area contributed by atoms with Gasteiger partial charge in [-0.3, -0.25) is 9.36 Å². The molecule has 1 aromatic heterocycles. The number of hydrogen-bond donors (Lipinski definition) is 3. The Balaban J connectivity index is 2.26. The number of carbonyl (C=O) groups is 1. The standard InChI is InChI=1S/C10H14N4O4/c11-7-1-2-14(10(17)13-7)8-3-5(9(12)16)6(4-15)18-8/h1-2,5-6,8,15H,3-4H2,(H2,12,16)(H2,11,13,17)/t5-,6+,8+/m0/s1. The molecule has 0 saturated carbocycles. The lowest BCUT2D eigenvalue weighted by molar-refractivity contribution is -0.124. The zero-order valence-corrected chi connectivity index (χ0v) is 9.52. The number of carbonyl (C=O) groups excluding carboxylic acids is 1. The zero-order valence-electron chi connectivity index (χ0n) is 9.52. The van der Waals surface area contributed by atoms with Gasteiger partial charge in [0, 0.05) is 12.6 Å². The van der Waals surface area contributed by atoms with E-state index in [9.17, 15) is 9.59 Å². The third kappa shape index (κ3) is 2.20. The fourth-order valence-corrected chi connectivity index (χ4v) is 2.01. The van der Waals surface area contributed by atoms with Gasteiger partial charge in [0.1, 0.15) is 12.0 Å². The number of rotatable bonds is 3. The van der Waals surface area contributed by atoms with Crippen LogP contribution in [0.3, 0.4) is 0 Å². The summed E-state index contributed by atoms with van der Waals surface area (Å²) in [6.45, 7) is -0.332. The summed E-state index contributed by atoms with van der Waals surface area (Å²) in [6, 6.07) is 1.45. The second-order valence-corrected chi connectivity index (χ2v) is 4.10. The van der Waals surface area contributed by atoms with Crippen LogP contribution in [-0.4, -0.2) is 33.3 Å². The van der Waals surface area contributed by atoms with Crippen molar-refractivity contribution in [2.75, 3.05) is 12.3 Å². The van der Waals surface area contributed by atoms with Crippen molar-refractivity contribution in [3.63, 3.8) is 0 Å². The minimum absolute atomic E-state index is 0.111. The Labute approximate surface area is 102 Å². The van der Waals surface area contributed by atoms with E-state index in [1.807, 2.05) is 0 Å². The van der Waals surface area contributed by atoms with Gasteiger partial charge in [0.15, 0.2) is 0 Å². The largest absolute Gasteiger partial charge is 0.394 e. The van der Waals surface area contributed by atoms with Crippen LogP contribution in [0, 0.1) is 5.92 Å². The Hall–Kier alpha value is -1.93. The van der Waals surface area contributed by atoms with E-state index in [2.05, 4.69) is 4.98 Å². The van der Waals surface area contributed by atoms with Gasteiger partial charge in [0.2, 0.25) is 5.91 Å². The van der Waals surface area contributed by atoms with Crippen LogP contribution >= 0.6 is 0 Å². The van der Waals surface area contributed by atoms with E-state index in [-0.39, 0.29) is 18.8 Å². The van der Waals surface area contributed by atoms with E-state index in [1.165, 1.54) is 16.8 Å². The first kappa shape index (κ1) is 12.5. The van der Waals surface area contributed by atoms with Gasteiger partial charge in [0.05, 0.1) is 18.6 Å². The predicted molar refractivity (Wildman–Crippen MR) is 61.2 cm³/mol. The summed E-state index contributed by atoms with van der Waals surface area (Å²) in [5.74, 6) is -1.07. The number of amides is 1. The SMILES string of the molecule is NC(=O)[C@H]1C[C@H](n2ccc(N)nc2=O)O[C@@H]1CO. The van der Waals surface area contributed by atoms with Gasteiger partial charge in [-0.25, -0.2) is 4.79 Å². The number of aliphatic hydroxyl groups excluding tert-OH is 1. The summed E-state index contributed by atoms with van der Waals surface area (Å²) in [7, 11) is 0. The molecule has 8 heteroatoms. The van der Waals surface area contributed by atoms with Crippen LogP contribution in [0.15, 0.2) is 17.1 Å². The minimum Gasteiger partial charge on any atom is -0.394 e. The first-order valence-electron chi connectivity index (χ1n) is 5.43. The van der Waals surface area contributed by atoms with Gasteiger partial charge in [-0.1, -0.05) is 0 Å². The maximum atomic E-state index is 11.6. The third-order valence-electron chi connectivity index (χ3n) is 2.94. The van der Waals surface area contributed by atoms with Gasteiger partial charge in [-0.15, -0.1) is 0 Å². The monoisotopic (exact) mass is 254 g/mol. The number of nitrogens with zero attached hydrogens (tertiary/aromatic N) is 2. The quantitative estimate of drug-likeness (QED) is 0.583. The molecule has 0 spiro atoms. The van der Waals surface area contributed by atoms with Crippen molar-refractivity contribution in [1.82, 2.24) is 9.55 Å². The van der Waals surface area contributed by atoms with Crippen LogP contribution in [0.5, 0.6) is 0 Å². The Bertz CT molecular complexity index is 515. The van der Waals surface area contributed by atoms with Crippen LogP contribution in [0.4, 0.5) is 5.82 Å². The molecule has 1 amide bonds. The molecule has 1 aliphatic heterocycles. The van der Waals surface area contributed by atoms with Gasteiger partial charge in [-0.2, -0.15) is 4.98 Å². The van der Waals surface area contributed by atoms with Gasteiger partial charge < -0.3 is 21.3 Å². The molecule has 1 aliphatic rings. The van der Waals surface area contributed by atoms with Crippen LogP contribution in [0.1, 0.15) is 12.6 Å².